The van der Waals surface area contributed by atoms with Crippen molar-refractivity contribution in [3.05, 3.63) is 58.8 Å². The molecule has 3 rings (SSSR count). The standard InChI is InChI=1S/C18H19N3O4/c1-2-20-14-7-3-4-8-15(14)21(18(20)24)11-9-17(23)25-12-16(22)13-6-5-10-19-13/h3-8,10,19H,2,9,11-12H2,1H3. The summed E-state index contributed by atoms with van der Waals surface area (Å²) in [5.41, 5.74) is 1.86. The molecule has 0 aliphatic rings. The summed E-state index contributed by atoms with van der Waals surface area (Å²) in [6.45, 7) is 2.35. The number of nitrogens with one attached hydrogen (secondary N) is 1. The number of esters is 1. The van der Waals surface area contributed by atoms with Gasteiger partial charge in [-0.05, 0) is 31.2 Å². The van der Waals surface area contributed by atoms with Crippen LogP contribution in [0.4, 0.5) is 0 Å². The molecule has 25 heavy (non-hydrogen) atoms. The van der Waals surface area contributed by atoms with Gasteiger partial charge in [-0.25, -0.2) is 4.79 Å². The van der Waals surface area contributed by atoms with Crippen molar-refractivity contribution in [2.45, 2.75) is 26.4 Å². The van der Waals surface area contributed by atoms with Crippen LogP contribution in [0.15, 0.2) is 47.4 Å². The van der Waals surface area contributed by atoms with Crippen LogP contribution in [0.2, 0.25) is 0 Å². The first-order chi connectivity index (χ1) is 12.1. The van der Waals surface area contributed by atoms with Gasteiger partial charge in [-0.1, -0.05) is 12.1 Å². The molecule has 2 aromatic heterocycles. The van der Waals surface area contributed by atoms with Crippen molar-refractivity contribution in [2.75, 3.05) is 6.61 Å². The highest BCUT2D eigenvalue weighted by atomic mass is 16.5. The van der Waals surface area contributed by atoms with Gasteiger partial charge in [-0.2, -0.15) is 0 Å². The van der Waals surface area contributed by atoms with Crippen LogP contribution < -0.4 is 5.69 Å². The molecule has 0 aliphatic heterocycles. The Bertz CT molecular complexity index is 951. The van der Waals surface area contributed by atoms with E-state index in [9.17, 15) is 14.4 Å². The molecule has 0 bridgehead atoms. The molecular formula is C18H19N3O4. The lowest BCUT2D eigenvalue weighted by Crippen LogP contribution is -2.25. The van der Waals surface area contributed by atoms with Gasteiger partial charge in [0.15, 0.2) is 6.61 Å². The Kier molecular flexibility index (Phi) is 4.83. The second-order valence-corrected chi connectivity index (χ2v) is 5.58. The topological polar surface area (TPSA) is 86.1 Å². The number of para-hydroxylation sites is 2. The third kappa shape index (κ3) is 3.40. The van der Waals surface area contributed by atoms with E-state index in [2.05, 4.69) is 4.98 Å². The van der Waals surface area contributed by atoms with Crippen molar-refractivity contribution < 1.29 is 14.3 Å². The normalized spacial score (nSPS) is 10.9. The first kappa shape index (κ1) is 16.8. The molecule has 2 heterocycles. The number of hydrogen-bond acceptors (Lipinski definition) is 4. The molecule has 130 valence electrons. The van der Waals surface area contributed by atoms with Crippen LogP contribution in [-0.2, 0) is 22.6 Å². The third-order valence-corrected chi connectivity index (χ3v) is 4.04. The van der Waals surface area contributed by atoms with Crippen LogP contribution in [0, 0.1) is 0 Å². The molecule has 1 N–H and O–H groups in total. The molecule has 0 saturated heterocycles. The van der Waals surface area contributed by atoms with Crippen molar-refractivity contribution in [1.82, 2.24) is 14.1 Å². The van der Waals surface area contributed by atoms with Crippen LogP contribution in [-0.4, -0.2) is 32.5 Å². The van der Waals surface area contributed by atoms with Gasteiger partial charge < -0.3 is 9.72 Å². The lowest BCUT2D eigenvalue weighted by molar-refractivity contribution is -0.142. The third-order valence-electron chi connectivity index (χ3n) is 4.04. The van der Waals surface area contributed by atoms with E-state index < -0.39 is 5.97 Å². The highest BCUT2D eigenvalue weighted by Crippen LogP contribution is 2.13. The van der Waals surface area contributed by atoms with Gasteiger partial charge in [0.1, 0.15) is 0 Å². The number of benzene rings is 1. The Morgan fingerprint density at radius 3 is 2.44 bits per heavy atom. The molecule has 0 amide bonds. The first-order valence-electron chi connectivity index (χ1n) is 8.12. The van der Waals surface area contributed by atoms with Crippen molar-refractivity contribution in [3.63, 3.8) is 0 Å². The fourth-order valence-electron chi connectivity index (χ4n) is 2.80. The van der Waals surface area contributed by atoms with Crippen molar-refractivity contribution >= 4 is 22.8 Å². The second-order valence-electron chi connectivity index (χ2n) is 5.58. The maximum Gasteiger partial charge on any atom is 0.329 e. The molecule has 3 aromatic rings. The molecule has 0 unspecified atom stereocenters. The van der Waals surface area contributed by atoms with E-state index in [1.807, 2.05) is 31.2 Å². The number of rotatable bonds is 7. The molecule has 0 aliphatic carbocycles. The van der Waals surface area contributed by atoms with Gasteiger partial charge in [0.25, 0.3) is 0 Å². The predicted molar refractivity (Wildman–Crippen MR) is 92.6 cm³/mol. The fraction of sp³-hybridized carbons (Fsp3) is 0.278. The Labute approximate surface area is 143 Å². The highest BCUT2D eigenvalue weighted by Gasteiger charge is 2.14. The summed E-state index contributed by atoms with van der Waals surface area (Å²) < 4.78 is 8.23. The van der Waals surface area contributed by atoms with E-state index in [0.29, 0.717) is 12.2 Å². The van der Waals surface area contributed by atoms with E-state index >= 15 is 0 Å². The first-order valence-corrected chi connectivity index (χ1v) is 8.12. The summed E-state index contributed by atoms with van der Waals surface area (Å²) in [5, 5.41) is 0. The van der Waals surface area contributed by atoms with Crippen LogP contribution in [0.5, 0.6) is 0 Å². The number of ketones is 1. The van der Waals surface area contributed by atoms with Gasteiger partial charge in [-0.15, -0.1) is 0 Å². The molecule has 0 spiro atoms. The molecule has 0 saturated carbocycles. The average Bonchev–Trinajstić information content (AvgIpc) is 3.24. The number of carbonyl (C=O) groups excluding carboxylic acids is 2. The highest BCUT2D eigenvalue weighted by molar-refractivity contribution is 5.96. The average molecular weight is 341 g/mol. The van der Waals surface area contributed by atoms with Gasteiger partial charge in [0, 0.05) is 19.3 Å². The lowest BCUT2D eigenvalue weighted by atomic mass is 10.3. The summed E-state index contributed by atoms with van der Waals surface area (Å²) in [5.74, 6) is -0.807. The molecule has 7 nitrogen and oxygen atoms in total. The maximum absolute atomic E-state index is 12.5. The smallest absolute Gasteiger partial charge is 0.329 e. The minimum absolute atomic E-state index is 0.0234. The van der Waals surface area contributed by atoms with Crippen molar-refractivity contribution in [3.8, 4) is 0 Å². The number of carbonyl (C=O) groups is 2. The fourth-order valence-corrected chi connectivity index (χ4v) is 2.80. The lowest BCUT2D eigenvalue weighted by Gasteiger charge is -2.05. The predicted octanol–water partition coefficient (Wildman–Crippen LogP) is 1.97. The minimum Gasteiger partial charge on any atom is -0.457 e. The molecular weight excluding hydrogens is 322 g/mol. The number of aromatic nitrogens is 3. The van der Waals surface area contributed by atoms with Gasteiger partial charge >= 0.3 is 11.7 Å². The molecule has 1 aromatic carbocycles. The monoisotopic (exact) mass is 341 g/mol. The number of H-pyrrole nitrogens is 1. The number of ether oxygens (including phenoxy) is 1. The van der Waals surface area contributed by atoms with Gasteiger partial charge in [-0.3, -0.25) is 18.7 Å². The summed E-state index contributed by atoms with van der Waals surface area (Å²) in [4.78, 5) is 38.9. The molecule has 0 radical (unpaired) electrons. The number of hydrogen-bond donors (Lipinski definition) is 1. The Morgan fingerprint density at radius 2 is 1.80 bits per heavy atom. The zero-order chi connectivity index (χ0) is 17.8. The number of nitrogens with zero attached hydrogens (tertiary/aromatic N) is 2. The van der Waals surface area contributed by atoms with Gasteiger partial charge in [0.2, 0.25) is 5.78 Å². The summed E-state index contributed by atoms with van der Waals surface area (Å²) in [6.07, 6.45) is 1.65. The van der Waals surface area contributed by atoms with E-state index in [-0.39, 0.29) is 31.0 Å². The number of aryl methyl sites for hydroxylation is 2. The van der Waals surface area contributed by atoms with Crippen LogP contribution in [0.3, 0.4) is 0 Å². The maximum atomic E-state index is 12.5. The Hall–Kier alpha value is -3.09. The second kappa shape index (κ2) is 7.21. The number of aromatic amines is 1. The zero-order valence-corrected chi connectivity index (χ0v) is 13.9. The minimum atomic E-state index is -0.514. The molecule has 7 heteroatoms. The number of Topliss-reactive ketones (excluding diaryl/α,β-unsaturated/α-hetero) is 1. The van der Waals surface area contributed by atoms with E-state index in [4.69, 9.17) is 4.74 Å². The summed E-state index contributed by atoms with van der Waals surface area (Å²) >= 11 is 0. The Morgan fingerprint density at radius 1 is 1.08 bits per heavy atom. The van der Waals surface area contributed by atoms with E-state index in [1.54, 1.807) is 27.5 Å². The molecule has 0 fully saturated rings. The quantitative estimate of drug-likeness (QED) is 0.526. The van der Waals surface area contributed by atoms with E-state index in [1.165, 1.54) is 0 Å². The van der Waals surface area contributed by atoms with Crippen molar-refractivity contribution in [1.29, 1.82) is 0 Å². The molecule has 0 atom stereocenters. The zero-order valence-electron chi connectivity index (χ0n) is 13.9. The largest absolute Gasteiger partial charge is 0.457 e. The van der Waals surface area contributed by atoms with Crippen LogP contribution >= 0.6 is 0 Å². The Balaban J connectivity index is 1.65. The van der Waals surface area contributed by atoms with Crippen LogP contribution in [0.1, 0.15) is 23.8 Å². The number of fused-ring (bicyclic) bond motifs is 1. The SMILES string of the molecule is CCn1c(=O)n(CCC(=O)OCC(=O)c2ccc[nH]2)c2ccccc21. The van der Waals surface area contributed by atoms with Crippen LogP contribution in [0.25, 0.3) is 11.0 Å². The van der Waals surface area contributed by atoms with Gasteiger partial charge in [0.05, 0.1) is 23.1 Å². The number of imidazole rings is 1. The van der Waals surface area contributed by atoms with E-state index in [0.717, 1.165) is 11.0 Å². The summed E-state index contributed by atoms with van der Waals surface area (Å²) in [6, 6.07) is 10.8. The summed E-state index contributed by atoms with van der Waals surface area (Å²) in [7, 11) is 0. The van der Waals surface area contributed by atoms with Crippen molar-refractivity contribution in [2.24, 2.45) is 0 Å².